The van der Waals surface area contributed by atoms with Crippen LogP contribution in [0.2, 0.25) is 0 Å². The normalized spacial score (nSPS) is 22.9. The quantitative estimate of drug-likeness (QED) is 0.396. The topological polar surface area (TPSA) is 111 Å². The second kappa shape index (κ2) is 11.2. The molecule has 7 rings (SSSR count). The second-order valence-electron chi connectivity index (χ2n) is 13.2. The highest BCUT2D eigenvalue weighted by molar-refractivity contribution is 6.09. The van der Waals surface area contributed by atoms with Crippen LogP contribution >= 0.6 is 0 Å². The number of phenolic OH excluding ortho intramolecular Hbond substituents is 1. The molecule has 4 aliphatic rings. The molecular formula is C34H39N5O5. The molecule has 2 saturated heterocycles. The number of aromatic hydroxyl groups is 1. The Hall–Kier alpha value is -3.91. The molecule has 1 amide bonds. The van der Waals surface area contributed by atoms with Crippen LogP contribution < -0.4 is 9.64 Å². The number of hydrogen-bond donors (Lipinski definition) is 2. The van der Waals surface area contributed by atoms with Crippen molar-refractivity contribution in [3.8, 4) is 24.1 Å². The summed E-state index contributed by atoms with van der Waals surface area (Å²) >= 11 is 0. The lowest BCUT2D eigenvalue weighted by Gasteiger charge is -2.38. The van der Waals surface area contributed by atoms with E-state index in [0.29, 0.717) is 53.4 Å². The van der Waals surface area contributed by atoms with Crippen LogP contribution in [0.15, 0.2) is 30.3 Å². The smallest absolute Gasteiger partial charge is 0.318 e. The number of benzene rings is 2. The predicted octanol–water partition coefficient (Wildman–Crippen LogP) is 3.32. The number of β-amino-alcohol motifs (C(OH)–C–C–N with tert-alkyl or cyclic N) is 1. The molecule has 10 nitrogen and oxygen atoms in total. The van der Waals surface area contributed by atoms with E-state index in [-0.39, 0.29) is 23.6 Å². The summed E-state index contributed by atoms with van der Waals surface area (Å²) < 4.78 is 11.9. The summed E-state index contributed by atoms with van der Waals surface area (Å²) in [4.78, 5) is 30.1. The summed E-state index contributed by atoms with van der Waals surface area (Å²) in [5, 5.41) is 22.8. The lowest BCUT2D eigenvalue weighted by Crippen LogP contribution is -2.47. The largest absolute Gasteiger partial charge is 0.508 e. The highest BCUT2D eigenvalue weighted by atomic mass is 16.5. The Morgan fingerprint density at radius 3 is 2.70 bits per heavy atom. The van der Waals surface area contributed by atoms with E-state index in [9.17, 15) is 15.0 Å². The maximum Gasteiger partial charge on any atom is 0.318 e. The molecule has 0 bridgehead atoms. The van der Waals surface area contributed by atoms with Crippen molar-refractivity contribution in [3.63, 3.8) is 0 Å². The predicted molar refractivity (Wildman–Crippen MR) is 166 cm³/mol. The molecule has 44 heavy (non-hydrogen) atoms. The van der Waals surface area contributed by atoms with Gasteiger partial charge in [0.25, 0.3) is 5.91 Å². The summed E-state index contributed by atoms with van der Waals surface area (Å²) in [5.41, 5.74) is 1.81. The number of rotatable bonds is 7. The third-order valence-corrected chi connectivity index (χ3v) is 9.48. The molecule has 0 spiro atoms. The molecule has 4 heterocycles. The number of piperidine rings is 1. The number of carbonyl (C=O) groups is 1. The highest BCUT2D eigenvalue weighted by Gasteiger charge is 2.45. The number of hydrogen-bond acceptors (Lipinski definition) is 9. The Bertz CT molecular complexity index is 1640. The van der Waals surface area contributed by atoms with Gasteiger partial charge in [-0.15, -0.1) is 6.42 Å². The third kappa shape index (κ3) is 5.68. The van der Waals surface area contributed by atoms with Gasteiger partial charge in [0.1, 0.15) is 11.6 Å². The first-order chi connectivity index (χ1) is 21.2. The monoisotopic (exact) mass is 597 g/mol. The summed E-state index contributed by atoms with van der Waals surface area (Å²) in [6, 6.07) is 8.88. The molecule has 1 aliphatic carbocycles. The highest BCUT2D eigenvalue weighted by Crippen LogP contribution is 2.47. The minimum atomic E-state index is -0.840. The summed E-state index contributed by atoms with van der Waals surface area (Å²) in [6.07, 6.45) is 9.56. The molecule has 2 N–H and O–H groups in total. The Kier molecular flexibility index (Phi) is 7.35. The SMILES string of the molecule is C#Cc1cccc2cc(O)cc(C(=O)N3Cc4nc(OCC5(CN6CCOCC6)CC5)nc(N5CCC[C@@](C)(O)C5)c4C3)c12. The Labute approximate surface area is 257 Å². The van der Waals surface area contributed by atoms with Crippen molar-refractivity contribution in [2.45, 2.75) is 51.3 Å². The lowest BCUT2D eigenvalue weighted by molar-refractivity contribution is 0.0231. The number of ether oxygens (including phenoxy) is 2. The van der Waals surface area contributed by atoms with Gasteiger partial charge in [0.15, 0.2) is 0 Å². The minimum Gasteiger partial charge on any atom is -0.508 e. The van der Waals surface area contributed by atoms with E-state index in [1.54, 1.807) is 17.0 Å². The van der Waals surface area contributed by atoms with Crippen molar-refractivity contribution in [1.29, 1.82) is 0 Å². The van der Waals surface area contributed by atoms with Gasteiger partial charge in [0.2, 0.25) is 0 Å². The van der Waals surface area contributed by atoms with Crippen molar-refractivity contribution in [3.05, 3.63) is 52.7 Å². The molecule has 0 radical (unpaired) electrons. The molecule has 1 atom stereocenters. The van der Waals surface area contributed by atoms with E-state index in [4.69, 9.17) is 25.9 Å². The van der Waals surface area contributed by atoms with E-state index in [0.717, 1.165) is 76.3 Å². The van der Waals surface area contributed by atoms with Gasteiger partial charge in [-0.05, 0) is 56.2 Å². The molecule has 3 fully saturated rings. The number of aromatic nitrogens is 2. The van der Waals surface area contributed by atoms with Crippen molar-refractivity contribution in [2.75, 3.05) is 57.4 Å². The third-order valence-electron chi connectivity index (χ3n) is 9.48. The Balaban J connectivity index is 1.18. The van der Waals surface area contributed by atoms with Crippen LogP contribution in [0.4, 0.5) is 5.82 Å². The van der Waals surface area contributed by atoms with Crippen LogP contribution in [0.5, 0.6) is 11.8 Å². The second-order valence-corrected chi connectivity index (χ2v) is 13.2. The van der Waals surface area contributed by atoms with Gasteiger partial charge < -0.3 is 29.5 Å². The van der Waals surface area contributed by atoms with E-state index >= 15 is 0 Å². The fraction of sp³-hybridized carbons (Fsp3) is 0.500. The van der Waals surface area contributed by atoms with Crippen LogP contribution in [-0.4, -0.2) is 94.0 Å². The fourth-order valence-corrected chi connectivity index (χ4v) is 6.93. The first kappa shape index (κ1) is 28.8. The summed E-state index contributed by atoms with van der Waals surface area (Å²) in [5.74, 6) is 3.16. The van der Waals surface area contributed by atoms with Gasteiger partial charge in [0, 0.05) is 54.7 Å². The number of carbonyl (C=O) groups excluding carboxylic acids is 1. The van der Waals surface area contributed by atoms with Crippen molar-refractivity contribution in [2.24, 2.45) is 5.41 Å². The molecule has 1 saturated carbocycles. The molecule has 1 aromatic heterocycles. The number of amides is 1. The molecular weight excluding hydrogens is 558 g/mol. The van der Waals surface area contributed by atoms with Gasteiger partial charge in [-0.25, -0.2) is 0 Å². The van der Waals surface area contributed by atoms with Gasteiger partial charge in [-0.1, -0.05) is 18.1 Å². The van der Waals surface area contributed by atoms with Crippen LogP contribution in [0, 0.1) is 17.8 Å². The van der Waals surface area contributed by atoms with Crippen LogP contribution in [0.25, 0.3) is 10.8 Å². The maximum absolute atomic E-state index is 14.1. The number of terminal acetylenes is 1. The summed E-state index contributed by atoms with van der Waals surface area (Å²) in [7, 11) is 0. The van der Waals surface area contributed by atoms with E-state index < -0.39 is 5.60 Å². The zero-order valence-electron chi connectivity index (χ0n) is 25.2. The van der Waals surface area contributed by atoms with Crippen LogP contribution in [-0.2, 0) is 17.8 Å². The van der Waals surface area contributed by atoms with E-state index in [1.807, 2.05) is 19.1 Å². The number of nitrogens with zero attached hydrogens (tertiary/aromatic N) is 5. The zero-order valence-corrected chi connectivity index (χ0v) is 25.2. The molecule has 3 aliphatic heterocycles. The molecule has 3 aromatic rings. The van der Waals surface area contributed by atoms with Crippen molar-refractivity contribution < 1.29 is 24.5 Å². The van der Waals surface area contributed by atoms with Crippen LogP contribution in [0.3, 0.4) is 0 Å². The molecule has 2 aromatic carbocycles. The number of phenols is 1. The lowest BCUT2D eigenvalue weighted by atomic mass is 9.95. The van der Waals surface area contributed by atoms with Crippen molar-refractivity contribution in [1.82, 2.24) is 19.8 Å². The Morgan fingerprint density at radius 1 is 1.14 bits per heavy atom. The zero-order chi connectivity index (χ0) is 30.5. The van der Waals surface area contributed by atoms with E-state index in [2.05, 4.69) is 15.7 Å². The standard InChI is InChI=1S/C34H39N5O5/c1-3-23-6-4-7-24-16-25(40)17-26(29(23)24)31(41)39-18-27-28(19-39)35-32(36-30(27)38-11-5-8-33(2,42)20-38)44-22-34(9-10-34)21-37-12-14-43-15-13-37/h1,4,6-7,16-17,40,42H,5,8-15,18-22H2,2H3/t33-/m1/s1. The minimum absolute atomic E-state index is 0.00420. The van der Waals surface area contributed by atoms with Crippen molar-refractivity contribution >= 4 is 22.5 Å². The number of morpholine rings is 1. The first-order valence-electron chi connectivity index (χ1n) is 15.5. The molecule has 10 heteroatoms. The van der Waals surface area contributed by atoms with Gasteiger partial charge in [-0.2, -0.15) is 9.97 Å². The average molecular weight is 598 g/mol. The molecule has 230 valence electrons. The average Bonchev–Trinajstić information content (AvgIpc) is 3.64. The number of fused-ring (bicyclic) bond motifs is 2. The van der Waals surface area contributed by atoms with Gasteiger partial charge in [0.05, 0.1) is 49.8 Å². The maximum atomic E-state index is 14.1. The fourth-order valence-electron chi connectivity index (χ4n) is 6.93. The number of aliphatic hydroxyl groups is 1. The van der Waals surface area contributed by atoms with Gasteiger partial charge in [-0.3, -0.25) is 9.69 Å². The number of anilines is 1. The van der Waals surface area contributed by atoms with Crippen LogP contribution in [0.1, 0.15) is 59.8 Å². The van der Waals surface area contributed by atoms with E-state index in [1.165, 1.54) is 6.07 Å². The molecule has 0 unspecified atom stereocenters. The first-order valence-corrected chi connectivity index (χ1v) is 15.5. The summed E-state index contributed by atoms with van der Waals surface area (Å²) in [6.45, 7) is 8.55. The Morgan fingerprint density at radius 2 is 1.95 bits per heavy atom. The van der Waals surface area contributed by atoms with Gasteiger partial charge >= 0.3 is 6.01 Å².